The van der Waals surface area contributed by atoms with E-state index in [1.165, 1.54) is 5.56 Å². The third-order valence-electron chi connectivity index (χ3n) is 5.32. The summed E-state index contributed by atoms with van der Waals surface area (Å²) in [5.41, 5.74) is 11.3. The summed E-state index contributed by atoms with van der Waals surface area (Å²) in [6.07, 6.45) is 0. The van der Waals surface area contributed by atoms with Crippen molar-refractivity contribution in [2.24, 2.45) is 5.73 Å². The Morgan fingerprint density at radius 1 is 0.970 bits per heavy atom. The number of fused-ring (bicyclic) bond motifs is 1. The van der Waals surface area contributed by atoms with Crippen LogP contribution in [0.15, 0.2) is 72.8 Å². The molecular weight excluding hydrogens is 414 g/mol. The summed E-state index contributed by atoms with van der Waals surface area (Å²) in [6.45, 7) is 0.882. The number of benzene rings is 3. The molecule has 2 amide bonds. The number of amides is 2. The Bertz CT molecular complexity index is 1200. The van der Waals surface area contributed by atoms with E-state index in [1.807, 2.05) is 56.6 Å². The number of carbonyl (C=O) groups is 2. The van der Waals surface area contributed by atoms with Crippen LogP contribution >= 0.6 is 0 Å². The lowest BCUT2D eigenvalue weighted by atomic mass is 9.98. The van der Waals surface area contributed by atoms with Gasteiger partial charge in [-0.3, -0.25) is 9.59 Å². The third kappa shape index (κ3) is 4.95. The molecule has 33 heavy (non-hydrogen) atoms. The van der Waals surface area contributed by atoms with E-state index in [9.17, 15) is 9.59 Å². The van der Waals surface area contributed by atoms with Gasteiger partial charge < -0.3 is 26.6 Å². The van der Waals surface area contributed by atoms with Crippen LogP contribution in [-0.4, -0.2) is 37.5 Å². The Morgan fingerprint density at radius 2 is 1.70 bits per heavy atom. The van der Waals surface area contributed by atoms with Crippen molar-refractivity contribution in [3.05, 3.63) is 95.1 Å². The predicted molar refractivity (Wildman–Crippen MR) is 132 cm³/mol. The molecule has 0 saturated heterocycles. The molecule has 3 aromatic rings. The summed E-state index contributed by atoms with van der Waals surface area (Å²) >= 11 is 0. The van der Waals surface area contributed by atoms with Crippen LogP contribution in [0.3, 0.4) is 0 Å². The summed E-state index contributed by atoms with van der Waals surface area (Å²) in [5.74, 6) is -0.512. The van der Waals surface area contributed by atoms with Gasteiger partial charge in [-0.05, 0) is 55.6 Å². The number of rotatable bonds is 7. The summed E-state index contributed by atoms with van der Waals surface area (Å²) in [7, 11) is 4.06. The molecule has 0 radical (unpaired) electrons. The molecule has 7 nitrogen and oxygen atoms in total. The van der Waals surface area contributed by atoms with Crippen molar-refractivity contribution in [1.29, 1.82) is 0 Å². The van der Waals surface area contributed by atoms with Gasteiger partial charge in [-0.1, -0.05) is 42.5 Å². The molecule has 0 atom stereocenters. The van der Waals surface area contributed by atoms with Crippen molar-refractivity contribution in [2.75, 3.05) is 31.4 Å². The predicted octanol–water partition coefficient (Wildman–Crippen LogP) is 3.33. The number of carbonyl (C=O) groups excluding carboxylic acids is 2. The van der Waals surface area contributed by atoms with Gasteiger partial charge in [0.05, 0.1) is 17.9 Å². The fourth-order valence-electron chi connectivity index (χ4n) is 3.84. The molecule has 1 heterocycles. The zero-order chi connectivity index (χ0) is 23.4. The third-order valence-corrected chi connectivity index (χ3v) is 5.32. The summed E-state index contributed by atoms with van der Waals surface area (Å²) < 4.78 is 0. The Morgan fingerprint density at radius 3 is 2.36 bits per heavy atom. The SMILES string of the molecule is CN(C)Cc1ccc(N/C(=C2\C(=O)Nc3ccc(C(=O)NCN)cc32)c2ccccc2)cc1. The van der Waals surface area contributed by atoms with Crippen LogP contribution in [0.25, 0.3) is 11.3 Å². The van der Waals surface area contributed by atoms with Crippen LogP contribution in [0, 0.1) is 0 Å². The Hall–Kier alpha value is -3.94. The Balaban J connectivity index is 1.80. The van der Waals surface area contributed by atoms with Gasteiger partial charge in [0, 0.05) is 29.0 Å². The Labute approximate surface area is 193 Å². The van der Waals surface area contributed by atoms with Gasteiger partial charge >= 0.3 is 0 Å². The summed E-state index contributed by atoms with van der Waals surface area (Å²) in [4.78, 5) is 27.5. The van der Waals surface area contributed by atoms with Crippen molar-refractivity contribution >= 4 is 34.5 Å². The number of nitrogens with one attached hydrogen (secondary N) is 3. The second-order valence-corrected chi connectivity index (χ2v) is 8.10. The number of nitrogens with zero attached hydrogens (tertiary/aromatic N) is 1. The van der Waals surface area contributed by atoms with Crippen LogP contribution in [0.2, 0.25) is 0 Å². The lowest BCUT2D eigenvalue weighted by Gasteiger charge is -2.16. The smallest absolute Gasteiger partial charge is 0.258 e. The molecular formula is C26H27N5O2. The monoisotopic (exact) mass is 441 g/mol. The lowest BCUT2D eigenvalue weighted by Crippen LogP contribution is -2.29. The average molecular weight is 442 g/mol. The lowest BCUT2D eigenvalue weighted by molar-refractivity contribution is -0.110. The zero-order valence-electron chi connectivity index (χ0n) is 18.7. The first-order valence-electron chi connectivity index (χ1n) is 10.7. The molecule has 0 fully saturated rings. The van der Waals surface area contributed by atoms with Crippen LogP contribution in [0.5, 0.6) is 0 Å². The number of anilines is 2. The minimum absolute atomic E-state index is 0.0381. The minimum atomic E-state index is -0.287. The van der Waals surface area contributed by atoms with Crippen molar-refractivity contribution in [1.82, 2.24) is 10.2 Å². The van der Waals surface area contributed by atoms with Gasteiger partial charge in [0.2, 0.25) is 0 Å². The van der Waals surface area contributed by atoms with Gasteiger partial charge in [-0.2, -0.15) is 0 Å². The van der Waals surface area contributed by atoms with Gasteiger partial charge in [0.15, 0.2) is 0 Å². The van der Waals surface area contributed by atoms with Crippen molar-refractivity contribution in [3.63, 3.8) is 0 Å². The van der Waals surface area contributed by atoms with Crippen LogP contribution in [0.1, 0.15) is 27.0 Å². The Kier molecular flexibility index (Phi) is 6.53. The molecule has 0 bridgehead atoms. The molecule has 0 saturated carbocycles. The second-order valence-electron chi connectivity index (χ2n) is 8.10. The topological polar surface area (TPSA) is 99.5 Å². The second kappa shape index (κ2) is 9.68. The molecule has 0 unspecified atom stereocenters. The van der Waals surface area contributed by atoms with Crippen molar-refractivity contribution in [2.45, 2.75) is 6.54 Å². The number of hydrogen-bond acceptors (Lipinski definition) is 5. The maximum Gasteiger partial charge on any atom is 0.258 e. The largest absolute Gasteiger partial charge is 0.354 e. The van der Waals surface area contributed by atoms with E-state index in [0.29, 0.717) is 28.1 Å². The first-order chi connectivity index (χ1) is 16.0. The van der Waals surface area contributed by atoms with E-state index < -0.39 is 0 Å². The van der Waals surface area contributed by atoms with E-state index in [4.69, 9.17) is 5.73 Å². The summed E-state index contributed by atoms with van der Waals surface area (Å²) in [5, 5.41) is 8.96. The molecule has 7 heteroatoms. The van der Waals surface area contributed by atoms with E-state index in [0.717, 1.165) is 17.8 Å². The van der Waals surface area contributed by atoms with E-state index in [1.54, 1.807) is 18.2 Å². The molecule has 5 N–H and O–H groups in total. The van der Waals surface area contributed by atoms with Gasteiger partial charge in [0.1, 0.15) is 0 Å². The normalized spacial score (nSPS) is 14.0. The van der Waals surface area contributed by atoms with Crippen molar-refractivity contribution < 1.29 is 9.59 Å². The first kappa shape index (κ1) is 22.3. The molecule has 1 aliphatic rings. The number of nitrogens with two attached hydrogens (primary N) is 1. The number of hydrogen-bond donors (Lipinski definition) is 4. The van der Waals surface area contributed by atoms with Gasteiger partial charge in [-0.15, -0.1) is 0 Å². The van der Waals surface area contributed by atoms with Crippen LogP contribution in [-0.2, 0) is 11.3 Å². The van der Waals surface area contributed by atoms with E-state index in [-0.39, 0.29) is 18.5 Å². The van der Waals surface area contributed by atoms with Crippen LogP contribution < -0.4 is 21.7 Å². The maximum atomic E-state index is 13.1. The quantitative estimate of drug-likeness (QED) is 0.333. The fraction of sp³-hybridized carbons (Fsp3) is 0.154. The van der Waals surface area contributed by atoms with Gasteiger partial charge in [0.25, 0.3) is 11.8 Å². The average Bonchev–Trinajstić information content (AvgIpc) is 3.13. The fourth-order valence-corrected chi connectivity index (χ4v) is 3.84. The standard InChI is InChI=1S/C26H27N5O2/c1-31(2)15-17-8-11-20(12-9-17)29-24(18-6-4-3-5-7-18)23-21-14-19(25(32)28-16-27)10-13-22(21)30-26(23)33/h3-14,29H,15-16,27H2,1-2H3,(H,28,32)(H,30,33)/b24-23-. The molecule has 1 aliphatic heterocycles. The maximum absolute atomic E-state index is 13.1. The highest BCUT2D eigenvalue weighted by Crippen LogP contribution is 2.38. The molecule has 4 rings (SSSR count). The highest BCUT2D eigenvalue weighted by molar-refractivity contribution is 6.37. The highest BCUT2D eigenvalue weighted by atomic mass is 16.2. The summed E-state index contributed by atoms with van der Waals surface area (Å²) in [6, 6.07) is 22.9. The zero-order valence-corrected chi connectivity index (χ0v) is 18.7. The molecule has 3 aromatic carbocycles. The molecule has 0 aromatic heterocycles. The van der Waals surface area contributed by atoms with Gasteiger partial charge in [-0.25, -0.2) is 0 Å². The van der Waals surface area contributed by atoms with Crippen LogP contribution in [0.4, 0.5) is 11.4 Å². The molecule has 0 aliphatic carbocycles. The van der Waals surface area contributed by atoms with Crippen molar-refractivity contribution in [3.8, 4) is 0 Å². The molecule has 168 valence electrons. The minimum Gasteiger partial charge on any atom is -0.354 e. The first-order valence-corrected chi connectivity index (χ1v) is 10.7. The molecule has 0 spiro atoms. The highest BCUT2D eigenvalue weighted by Gasteiger charge is 2.29. The van der Waals surface area contributed by atoms with E-state index in [2.05, 4.69) is 33.0 Å². The van der Waals surface area contributed by atoms with E-state index >= 15 is 0 Å².